The number of nitrogen functional groups attached to an aromatic ring is 2. The topological polar surface area (TPSA) is 188 Å². The number of carbonyl (C=O) groups excluding carboxylic acids is 4. The maximum absolute atomic E-state index is 11.1. The van der Waals surface area contributed by atoms with Crippen LogP contribution < -0.4 is 32.2 Å². The molecular formula is C38H32N5O7+. The summed E-state index contributed by atoms with van der Waals surface area (Å²) in [7, 11) is 0. The number of anilines is 8. The van der Waals surface area contributed by atoms with Gasteiger partial charge in [-0.05, 0) is 103 Å². The predicted molar refractivity (Wildman–Crippen MR) is 189 cm³/mol. The average molecular weight is 671 g/mol. The minimum atomic E-state index is -0.746. The summed E-state index contributed by atoms with van der Waals surface area (Å²) in [5.74, 6) is -4.07. The molecule has 250 valence electrons. The van der Waals surface area contributed by atoms with E-state index in [4.69, 9.17) is 16.2 Å². The van der Waals surface area contributed by atoms with Crippen LogP contribution in [0.1, 0.15) is 0 Å². The number of benzene rings is 5. The quantitative estimate of drug-likeness (QED) is 0.0526. The zero-order chi connectivity index (χ0) is 34.8. The Labute approximate surface area is 286 Å². The van der Waals surface area contributed by atoms with Crippen molar-refractivity contribution in [2.75, 3.05) is 27.4 Å². The summed E-state index contributed by atoms with van der Waals surface area (Å²) in [5.41, 5.74) is 18.9. The highest BCUT2D eigenvalue weighted by atomic mass is 16.6. The molecule has 0 radical (unpaired) electrons. The number of cyclic esters (lactones) is 4. The molecule has 0 bridgehead atoms. The Morgan fingerprint density at radius 1 is 0.520 bits per heavy atom. The van der Waals surface area contributed by atoms with Crippen LogP contribution in [0.4, 0.5) is 45.5 Å². The number of para-hydroxylation sites is 1. The van der Waals surface area contributed by atoms with Crippen LogP contribution >= 0.6 is 0 Å². The lowest BCUT2D eigenvalue weighted by Crippen LogP contribution is -2.50. The van der Waals surface area contributed by atoms with Crippen LogP contribution in [0.5, 0.6) is 11.5 Å². The van der Waals surface area contributed by atoms with E-state index in [9.17, 15) is 19.2 Å². The summed E-state index contributed by atoms with van der Waals surface area (Å²) < 4.78 is 14.7. The number of hydrogen-bond donors (Lipinski definition) is 5. The third-order valence-corrected chi connectivity index (χ3v) is 8.58. The van der Waals surface area contributed by atoms with Crippen molar-refractivity contribution in [2.45, 2.75) is 0 Å². The molecular weight excluding hydrogens is 638 g/mol. The van der Waals surface area contributed by atoms with Crippen LogP contribution in [-0.4, -0.2) is 28.7 Å². The number of nitrogens with one attached hydrogen (secondary N) is 3. The van der Waals surface area contributed by atoms with Crippen molar-refractivity contribution < 1.29 is 33.4 Å². The van der Waals surface area contributed by atoms with Gasteiger partial charge in [-0.15, -0.1) is 0 Å². The largest absolute Gasteiger partial charge is 0.496 e. The molecule has 0 spiro atoms. The molecule has 3 fully saturated rings. The van der Waals surface area contributed by atoms with Gasteiger partial charge in [0.1, 0.15) is 23.3 Å². The smallest absolute Gasteiger partial charge is 0.455 e. The molecule has 2 aliphatic heterocycles. The first-order valence-electron chi connectivity index (χ1n) is 15.7. The van der Waals surface area contributed by atoms with Crippen LogP contribution in [0.25, 0.3) is 0 Å². The van der Waals surface area contributed by atoms with Crippen molar-refractivity contribution in [1.82, 2.24) is 0 Å². The Morgan fingerprint density at radius 3 is 1.42 bits per heavy atom. The van der Waals surface area contributed by atoms with E-state index in [0.717, 1.165) is 34.1 Å². The van der Waals surface area contributed by atoms with E-state index in [1.165, 1.54) is 0 Å². The van der Waals surface area contributed by atoms with Crippen molar-refractivity contribution in [1.29, 1.82) is 0 Å². The number of hydrogen-bond acceptors (Lipinski definition) is 11. The first-order chi connectivity index (χ1) is 24.2. The van der Waals surface area contributed by atoms with Gasteiger partial charge in [0.25, 0.3) is 0 Å². The number of esters is 4. The van der Waals surface area contributed by atoms with E-state index in [1.54, 1.807) is 18.2 Å². The summed E-state index contributed by atoms with van der Waals surface area (Å²) in [5, 5.41) is 10.2. The first kappa shape index (κ1) is 31.8. The highest BCUT2D eigenvalue weighted by Gasteiger charge is 2.77. The minimum Gasteiger partial charge on any atom is -0.455 e. The van der Waals surface area contributed by atoms with Crippen molar-refractivity contribution in [2.24, 2.45) is 23.7 Å². The number of rotatable bonds is 8. The van der Waals surface area contributed by atoms with E-state index in [0.29, 0.717) is 22.9 Å². The molecule has 12 nitrogen and oxygen atoms in total. The molecule has 1 saturated carbocycles. The van der Waals surface area contributed by atoms with Gasteiger partial charge in [0.2, 0.25) is 0 Å². The third-order valence-electron chi connectivity index (χ3n) is 8.58. The van der Waals surface area contributed by atoms with Crippen LogP contribution in [0, 0.1) is 23.7 Å². The van der Waals surface area contributed by atoms with E-state index in [1.807, 2.05) is 78.9 Å². The summed E-state index contributed by atoms with van der Waals surface area (Å²) in [6, 6.07) is 39.4. The van der Waals surface area contributed by atoms with Crippen LogP contribution in [0.3, 0.4) is 0 Å². The molecule has 4 unspecified atom stereocenters. The van der Waals surface area contributed by atoms with Crippen LogP contribution in [-0.2, 0) is 23.9 Å². The Bertz CT molecular complexity index is 1990. The Balaban J connectivity index is 0.000000231. The third kappa shape index (κ3) is 6.62. The lowest BCUT2D eigenvalue weighted by atomic mass is 9.59. The van der Waals surface area contributed by atoms with Crippen LogP contribution in [0.2, 0.25) is 0 Å². The average Bonchev–Trinajstić information content (AvgIpc) is 3.47. The molecule has 2 heterocycles. The summed E-state index contributed by atoms with van der Waals surface area (Å²) in [6.45, 7) is 0. The lowest BCUT2D eigenvalue weighted by Gasteiger charge is -2.30. The molecule has 0 amide bonds. The van der Waals surface area contributed by atoms with Crippen molar-refractivity contribution >= 4 is 69.4 Å². The minimum absolute atomic E-state index is 0.465. The molecule has 50 heavy (non-hydrogen) atoms. The van der Waals surface area contributed by atoms with E-state index in [2.05, 4.69) is 49.7 Å². The second-order valence-corrected chi connectivity index (χ2v) is 11.9. The number of nitrogens with two attached hydrogens (primary N) is 2. The predicted octanol–water partition coefficient (Wildman–Crippen LogP) is 6.48. The van der Waals surface area contributed by atoms with Crippen molar-refractivity contribution in [3.63, 3.8) is 0 Å². The second kappa shape index (κ2) is 13.4. The fourth-order valence-corrected chi connectivity index (χ4v) is 6.10. The fourth-order valence-electron chi connectivity index (χ4n) is 6.10. The SMILES string of the molecule is Nc1ccc(Oc2ccc(Nc3ccc(Nc4ccc(Nc5ccccc5)cc4)cc3)cc2)c(N)c1.O=C1OC(=O)C2C1C1C(=O)OC(=[OH+])C21. The Hall–Kier alpha value is -6.82. The monoisotopic (exact) mass is 670 g/mol. The van der Waals surface area contributed by atoms with Gasteiger partial charge in [-0.25, -0.2) is 9.53 Å². The molecule has 5 aromatic carbocycles. The number of fused-ring (bicyclic) bond motifs is 4. The van der Waals surface area contributed by atoms with E-state index in [-0.39, 0.29) is 0 Å². The van der Waals surface area contributed by atoms with Crippen molar-refractivity contribution in [3.8, 4) is 11.5 Å². The summed E-state index contributed by atoms with van der Waals surface area (Å²) >= 11 is 0. The maximum Gasteiger partial charge on any atom is 0.496 e. The van der Waals surface area contributed by atoms with Gasteiger partial charge in [0.05, 0.1) is 17.5 Å². The molecule has 0 aromatic heterocycles. The molecule has 8 N–H and O–H groups in total. The molecule has 2 saturated heterocycles. The van der Waals surface area contributed by atoms with Gasteiger partial charge in [0.15, 0.2) is 0 Å². The molecule has 4 atom stereocenters. The highest BCUT2D eigenvalue weighted by molar-refractivity contribution is 6.10. The zero-order valence-electron chi connectivity index (χ0n) is 26.4. The first-order valence-corrected chi connectivity index (χ1v) is 15.7. The van der Waals surface area contributed by atoms with E-state index < -0.39 is 47.5 Å². The molecule has 3 aliphatic rings. The lowest BCUT2D eigenvalue weighted by molar-refractivity contribution is -0.155. The van der Waals surface area contributed by atoms with Crippen molar-refractivity contribution in [3.05, 3.63) is 121 Å². The van der Waals surface area contributed by atoms with Gasteiger partial charge in [-0.3, -0.25) is 9.59 Å². The normalized spacial score (nSPS) is 19.8. The maximum atomic E-state index is 11.1. The highest BCUT2D eigenvalue weighted by Crippen LogP contribution is 2.54. The van der Waals surface area contributed by atoms with Crippen LogP contribution in [0.15, 0.2) is 121 Å². The van der Waals surface area contributed by atoms with E-state index >= 15 is 0 Å². The van der Waals surface area contributed by atoms with Gasteiger partial charge in [0, 0.05) is 39.8 Å². The zero-order valence-corrected chi connectivity index (χ0v) is 26.4. The fraction of sp³-hybridized carbons (Fsp3) is 0.105. The number of carbonyl (C=O) groups is 3. The molecule has 12 heteroatoms. The van der Waals surface area contributed by atoms with Gasteiger partial charge in [-0.2, -0.15) is 0 Å². The molecule has 5 aromatic rings. The Morgan fingerprint density at radius 2 is 0.940 bits per heavy atom. The number of ether oxygens (including phenoxy) is 3. The molecule has 1 aliphatic carbocycles. The molecule has 8 rings (SSSR count). The second-order valence-electron chi connectivity index (χ2n) is 11.9. The Kier molecular flexibility index (Phi) is 8.48. The van der Waals surface area contributed by atoms with Gasteiger partial charge >= 0.3 is 23.9 Å². The van der Waals surface area contributed by atoms with Gasteiger partial charge in [-0.1, -0.05) is 18.2 Å². The summed E-state index contributed by atoms with van der Waals surface area (Å²) in [6.07, 6.45) is 0. The standard InChI is InChI=1S/C30H27N5O.C8H4O6/c31-21-6-19-30(29(32)20-21)36-28-17-15-27(16-18-28)35-26-13-11-25(12-14-26)34-24-9-7-23(8-10-24)33-22-4-2-1-3-5-22;9-5-1-2(6(10)13-5)4-3(1)7(11)14-8(4)12/h1-20,33-35H,31-32H2;1-4H/p+1. The van der Waals surface area contributed by atoms with Gasteiger partial charge < -0.3 is 41.7 Å². The summed E-state index contributed by atoms with van der Waals surface area (Å²) in [4.78, 5) is 42.5.